The van der Waals surface area contributed by atoms with Crippen LogP contribution < -0.4 is 5.32 Å². The lowest BCUT2D eigenvalue weighted by Crippen LogP contribution is -2.58. The molecule has 4 heteroatoms. The number of amides is 2. The molecule has 3 fully saturated rings. The number of nitrogens with zero attached hydrogens (tertiary/aromatic N) is 1. The summed E-state index contributed by atoms with van der Waals surface area (Å²) in [7, 11) is 0. The summed E-state index contributed by atoms with van der Waals surface area (Å²) in [6, 6.07) is -0.273. The lowest BCUT2D eigenvalue weighted by Gasteiger charge is -2.35. The molecule has 3 rings (SSSR count). The van der Waals surface area contributed by atoms with E-state index in [1.807, 2.05) is 11.8 Å². The van der Waals surface area contributed by atoms with Gasteiger partial charge in [0.1, 0.15) is 6.04 Å². The molecule has 3 aliphatic rings. The van der Waals surface area contributed by atoms with Crippen molar-refractivity contribution < 1.29 is 9.59 Å². The maximum absolute atomic E-state index is 12.4. The van der Waals surface area contributed by atoms with Gasteiger partial charge in [0.25, 0.3) is 0 Å². The van der Waals surface area contributed by atoms with Crippen molar-refractivity contribution in [1.82, 2.24) is 10.2 Å². The molecule has 1 aliphatic heterocycles. The van der Waals surface area contributed by atoms with Gasteiger partial charge in [-0.05, 0) is 43.4 Å². The minimum atomic E-state index is -0.273. The van der Waals surface area contributed by atoms with Crippen molar-refractivity contribution >= 4 is 11.8 Å². The highest BCUT2D eigenvalue weighted by Gasteiger charge is 2.42. The molecule has 1 heterocycles. The minimum absolute atomic E-state index is 0.0150. The molecule has 2 bridgehead atoms. The van der Waals surface area contributed by atoms with Gasteiger partial charge in [-0.2, -0.15) is 0 Å². The van der Waals surface area contributed by atoms with Crippen molar-refractivity contribution in [2.24, 2.45) is 17.8 Å². The monoisotopic (exact) mass is 264 g/mol. The van der Waals surface area contributed by atoms with Gasteiger partial charge < -0.3 is 10.2 Å². The van der Waals surface area contributed by atoms with Crippen LogP contribution in [0, 0.1) is 17.8 Å². The first-order valence-corrected chi connectivity index (χ1v) is 7.75. The van der Waals surface area contributed by atoms with Gasteiger partial charge in [0.05, 0.1) is 6.54 Å². The molecule has 2 aliphatic carbocycles. The van der Waals surface area contributed by atoms with E-state index in [1.165, 1.54) is 25.7 Å². The van der Waals surface area contributed by atoms with Gasteiger partial charge in [0, 0.05) is 6.54 Å². The third kappa shape index (κ3) is 2.49. The highest BCUT2D eigenvalue weighted by Crippen LogP contribution is 2.48. The predicted octanol–water partition coefficient (Wildman–Crippen LogP) is 1.55. The highest BCUT2D eigenvalue weighted by molar-refractivity contribution is 5.94. The van der Waals surface area contributed by atoms with Crippen LogP contribution in [0.2, 0.25) is 0 Å². The summed E-state index contributed by atoms with van der Waals surface area (Å²) in [5.74, 6) is 2.52. The first-order chi connectivity index (χ1) is 9.17. The number of carbonyl (C=O) groups is 2. The van der Waals surface area contributed by atoms with E-state index in [2.05, 4.69) is 5.32 Å². The molecule has 4 unspecified atom stereocenters. The number of hydrogen-bond donors (Lipinski definition) is 1. The molecule has 2 saturated carbocycles. The van der Waals surface area contributed by atoms with Crippen LogP contribution in [0.3, 0.4) is 0 Å². The van der Waals surface area contributed by atoms with Crippen LogP contribution in [0.25, 0.3) is 0 Å². The molecule has 2 amide bonds. The van der Waals surface area contributed by atoms with E-state index in [0.29, 0.717) is 5.92 Å². The van der Waals surface area contributed by atoms with E-state index >= 15 is 0 Å². The Labute approximate surface area is 114 Å². The van der Waals surface area contributed by atoms with Crippen LogP contribution in [0.1, 0.15) is 45.4 Å². The summed E-state index contributed by atoms with van der Waals surface area (Å²) >= 11 is 0. The Balaban J connectivity index is 1.62. The molecule has 0 spiro atoms. The fourth-order valence-electron chi connectivity index (χ4n) is 4.30. The Kier molecular flexibility index (Phi) is 3.50. The zero-order valence-electron chi connectivity index (χ0n) is 11.7. The summed E-state index contributed by atoms with van der Waals surface area (Å²) in [4.78, 5) is 25.9. The first-order valence-electron chi connectivity index (χ1n) is 7.75. The van der Waals surface area contributed by atoms with Crippen LogP contribution >= 0.6 is 0 Å². The molecular formula is C15H24N2O2. The summed E-state index contributed by atoms with van der Waals surface area (Å²) < 4.78 is 0. The SMILES string of the molecule is CCCC1NC(=O)CN(CC2CC3CCC2C3)C1=O. The van der Waals surface area contributed by atoms with E-state index in [4.69, 9.17) is 0 Å². The average Bonchev–Trinajstić information content (AvgIpc) is 2.97. The number of piperazine rings is 1. The normalized spacial score (nSPS) is 37.8. The Morgan fingerprint density at radius 2 is 2.11 bits per heavy atom. The van der Waals surface area contributed by atoms with E-state index in [9.17, 15) is 9.59 Å². The second-order valence-corrected chi connectivity index (χ2v) is 6.56. The summed E-state index contributed by atoms with van der Waals surface area (Å²) in [6.45, 7) is 3.13. The quantitative estimate of drug-likeness (QED) is 0.837. The van der Waals surface area contributed by atoms with Crippen molar-refractivity contribution in [2.45, 2.75) is 51.5 Å². The van der Waals surface area contributed by atoms with Gasteiger partial charge in [-0.1, -0.05) is 19.8 Å². The summed E-state index contributed by atoms with van der Waals surface area (Å²) in [5.41, 5.74) is 0. The summed E-state index contributed by atoms with van der Waals surface area (Å²) in [5, 5.41) is 2.83. The van der Waals surface area contributed by atoms with Gasteiger partial charge in [-0.3, -0.25) is 9.59 Å². The van der Waals surface area contributed by atoms with E-state index in [0.717, 1.165) is 31.2 Å². The molecule has 0 aromatic carbocycles. The van der Waals surface area contributed by atoms with Crippen LogP contribution in [-0.4, -0.2) is 35.8 Å². The molecule has 1 saturated heterocycles. The maximum Gasteiger partial charge on any atom is 0.245 e. The molecule has 1 N–H and O–H groups in total. The molecule has 0 radical (unpaired) electrons. The van der Waals surface area contributed by atoms with Crippen LogP contribution in [0.4, 0.5) is 0 Å². The smallest absolute Gasteiger partial charge is 0.245 e. The largest absolute Gasteiger partial charge is 0.343 e. The number of rotatable bonds is 4. The zero-order valence-corrected chi connectivity index (χ0v) is 11.7. The van der Waals surface area contributed by atoms with E-state index in [-0.39, 0.29) is 24.4 Å². The van der Waals surface area contributed by atoms with Crippen LogP contribution in [0.15, 0.2) is 0 Å². The fraction of sp³-hybridized carbons (Fsp3) is 0.867. The van der Waals surface area contributed by atoms with Crippen molar-refractivity contribution in [3.63, 3.8) is 0 Å². The van der Waals surface area contributed by atoms with Crippen LogP contribution in [-0.2, 0) is 9.59 Å². The fourth-order valence-corrected chi connectivity index (χ4v) is 4.30. The number of carbonyl (C=O) groups excluding carboxylic acids is 2. The Morgan fingerprint density at radius 3 is 2.74 bits per heavy atom. The second-order valence-electron chi connectivity index (χ2n) is 6.56. The first kappa shape index (κ1) is 12.9. The summed E-state index contributed by atoms with van der Waals surface area (Å²) in [6.07, 6.45) is 7.04. The molecule has 106 valence electrons. The molecule has 19 heavy (non-hydrogen) atoms. The van der Waals surface area contributed by atoms with Crippen molar-refractivity contribution in [1.29, 1.82) is 0 Å². The van der Waals surface area contributed by atoms with Crippen LogP contribution in [0.5, 0.6) is 0 Å². The number of fused-ring (bicyclic) bond motifs is 2. The Morgan fingerprint density at radius 1 is 1.26 bits per heavy atom. The standard InChI is InChI=1S/C15H24N2O2/c1-2-3-13-15(19)17(9-14(18)16-13)8-12-7-10-4-5-11(12)6-10/h10-13H,2-9H2,1H3,(H,16,18). The predicted molar refractivity (Wildman–Crippen MR) is 72.4 cm³/mol. The van der Waals surface area contributed by atoms with Gasteiger partial charge in [0.15, 0.2) is 0 Å². The second kappa shape index (κ2) is 5.14. The average molecular weight is 264 g/mol. The number of nitrogens with one attached hydrogen (secondary N) is 1. The van der Waals surface area contributed by atoms with Gasteiger partial charge >= 0.3 is 0 Å². The third-order valence-electron chi connectivity index (χ3n) is 5.20. The molecule has 4 nitrogen and oxygen atoms in total. The molecule has 4 atom stereocenters. The topological polar surface area (TPSA) is 49.4 Å². The van der Waals surface area contributed by atoms with Crippen molar-refractivity contribution in [3.05, 3.63) is 0 Å². The van der Waals surface area contributed by atoms with E-state index < -0.39 is 0 Å². The Hall–Kier alpha value is -1.06. The van der Waals surface area contributed by atoms with Crippen molar-refractivity contribution in [3.8, 4) is 0 Å². The van der Waals surface area contributed by atoms with Gasteiger partial charge in [-0.25, -0.2) is 0 Å². The lowest BCUT2D eigenvalue weighted by molar-refractivity contribution is -0.145. The minimum Gasteiger partial charge on any atom is -0.343 e. The Bertz CT molecular complexity index is 382. The molecular weight excluding hydrogens is 240 g/mol. The molecule has 0 aromatic rings. The zero-order chi connectivity index (χ0) is 13.4. The third-order valence-corrected chi connectivity index (χ3v) is 5.20. The van der Waals surface area contributed by atoms with Gasteiger partial charge in [0.2, 0.25) is 11.8 Å². The van der Waals surface area contributed by atoms with Gasteiger partial charge in [-0.15, -0.1) is 0 Å². The highest BCUT2D eigenvalue weighted by atomic mass is 16.2. The number of hydrogen-bond acceptors (Lipinski definition) is 2. The molecule has 0 aromatic heterocycles. The van der Waals surface area contributed by atoms with Crippen molar-refractivity contribution in [2.75, 3.05) is 13.1 Å². The maximum atomic E-state index is 12.4. The van der Waals surface area contributed by atoms with E-state index in [1.54, 1.807) is 0 Å². The lowest BCUT2D eigenvalue weighted by atomic mass is 9.88.